The third-order valence-electron chi connectivity index (χ3n) is 2.46. The van der Waals surface area contributed by atoms with Crippen LogP contribution in [0.1, 0.15) is 65.2 Å². The van der Waals surface area contributed by atoms with Crippen LogP contribution < -0.4 is 0 Å². The monoisotopic (exact) mass is 214 g/mol. The first-order valence-electron chi connectivity index (χ1n) is 6.34. The molecule has 0 N–H and O–H groups in total. The molecule has 0 aromatic rings. The van der Waals surface area contributed by atoms with Crippen molar-refractivity contribution in [2.24, 2.45) is 0 Å². The third kappa shape index (κ3) is 13.6. The Morgan fingerprint density at radius 3 is 2.07 bits per heavy atom. The second kappa shape index (κ2) is 11.7. The molecule has 0 bridgehead atoms. The summed E-state index contributed by atoms with van der Waals surface area (Å²) in [5, 5.41) is 0. The van der Waals surface area contributed by atoms with Crippen LogP contribution in [0.25, 0.3) is 0 Å². The lowest BCUT2D eigenvalue weighted by atomic mass is 10.1. The van der Waals surface area contributed by atoms with Crippen molar-refractivity contribution >= 4 is 5.78 Å². The quantitative estimate of drug-likeness (QED) is 0.490. The van der Waals surface area contributed by atoms with E-state index in [1.54, 1.807) is 6.92 Å². The van der Waals surface area contributed by atoms with Gasteiger partial charge in [0.05, 0.1) is 0 Å². The first-order valence-corrected chi connectivity index (χ1v) is 6.34. The van der Waals surface area contributed by atoms with E-state index in [1.165, 1.54) is 25.7 Å². The number of hydrogen-bond donors (Lipinski definition) is 0. The minimum absolute atomic E-state index is 0.301. The second-order valence-electron chi connectivity index (χ2n) is 4.19. The predicted molar refractivity (Wildman–Crippen MR) is 64.1 cm³/mol. The normalized spacial score (nSPS) is 10.5. The van der Waals surface area contributed by atoms with Gasteiger partial charge in [-0.1, -0.05) is 32.6 Å². The van der Waals surface area contributed by atoms with Crippen molar-refractivity contribution in [2.45, 2.75) is 65.2 Å². The second-order valence-corrected chi connectivity index (χ2v) is 4.19. The molecule has 15 heavy (non-hydrogen) atoms. The van der Waals surface area contributed by atoms with E-state index in [1.807, 2.05) is 0 Å². The third-order valence-corrected chi connectivity index (χ3v) is 2.46. The zero-order valence-corrected chi connectivity index (χ0v) is 10.4. The van der Waals surface area contributed by atoms with Crippen molar-refractivity contribution in [1.82, 2.24) is 0 Å². The summed E-state index contributed by atoms with van der Waals surface area (Å²) in [6, 6.07) is 0. The number of rotatable bonds is 11. The lowest BCUT2D eigenvalue weighted by molar-refractivity contribution is -0.117. The van der Waals surface area contributed by atoms with Gasteiger partial charge in [0, 0.05) is 19.6 Å². The number of ketones is 1. The number of ether oxygens (including phenoxy) is 1. The average Bonchev–Trinajstić information content (AvgIpc) is 2.20. The Morgan fingerprint density at radius 1 is 0.933 bits per heavy atom. The van der Waals surface area contributed by atoms with Gasteiger partial charge < -0.3 is 9.53 Å². The zero-order valence-electron chi connectivity index (χ0n) is 10.4. The van der Waals surface area contributed by atoms with Gasteiger partial charge >= 0.3 is 0 Å². The Hall–Kier alpha value is -0.370. The van der Waals surface area contributed by atoms with Crippen LogP contribution in [0.5, 0.6) is 0 Å². The Morgan fingerprint density at radius 2 is 1.53 bits per heavy atom. The maximum absolute atomic E-state index is 10.6. The molecular weight excluding hydrogens is 188 g/mol. The molecule has 2 heteroatoms. The van der Waals surface area contributed by atoms with Crippen LogP contribution in [0.4, 0.5) is 0 Å². The summed E-state index contributed by atoms with van der Waals surface area (Å²) in [5.41, 5.74) is 0. The fourth-order valence-electron chi connectivity index (χ4n) is 1.49. The van der Waals surface area contributed by atoms with Crippen LogP contribution >= 0.6 is 0 Å². The molecule has 2 nitrogen and oxygen atoms in total. The molecule has 0 fully saturated rings. The van der Waals surface area contributed by atoms with Crippen molar-refractivity contribution in [1.29, 1.82) is 0 Å². The molecule has 0 aliphatic carbocycles. The maximum Gasteiger partial charge on any atom is 0.129 e. The minimum atomic E-state index is 0.301. The lowest BCUT2D eigenvalue weighted by Gasteiger charge is -2.03. The van der Waals surface area contributed by atoms with Gasteiger partial charge in [0.25, 0.3) is 0 Å². The molecule has 0 atom stereocenters. The molecule has 0 heterocycles. The van der Waals surface area contributed by atoms with Crippen LogP contribution in [0, 0.1) is 0 Å². The van der Waals surface area contributed by atoms with Crippen LogP contribution in [0.2, 0.25) is 0 Å². The molecule has 0 radical (unpaired) electrons. The summed E-state index contributed by atoms with van der Waals surface area (Å²) in [4.78, 5) is 10.6. The van der Waals surface area contributed by atoms with Crippen LogP contribution in [0.3, 0.4) is 0 Å². The van der Waals surface area contributed by atoms with Crippen molar-refractivity contribution in [3.63, 3.8) is 0 Å². The van der Waals surface area contributed by atoms with Gasteiger partial charge in [0.15, 0.2) is 0 Å². The number of hydrogen-bond acceptors (Lipinski definition) is 2. The molecule has 90 valence electrons. The van der Waals surface area contributed by atoms with E-state index in [0.717, 1.165) is 38.9 Å². The highest BCUT2D eigenvalue weighted by atomic mass is 16.5. The molecule has 0 rings (SSSR count). The molecule has 0 saturated heterocycles. The summed E-state index contributed by atoms with van der Waals surface area (Å²) in [7, 11) is 0. The molecule has 0 aromatic heterocycles. The molecule has 0 spiro atoms. The molecule has 0 saturated carbocycles. The van der Waals surface area contributed by atoms with Crippen molar-refractivity contribution in [3.05, 3.63) is 0 Å². The van der Waals surface area contributed by atoms with E-state index in [4.69, 9.17) is 4.74 Å². The summed E-state index contributed by atoms with van der Waals surface area (Å²) in [6.07, 6.45) is 9.07. The fourth-order valence-corrected chi connectivity index (χ4v) is 1.49. The van der Waals surface area contributed by atoms with E-state index in [0.29, 0.717) is 5.78 Å². The maximum atomic E-state index is 10.6. The standard InChI is InChI=1S/C13H26O2/c1-3-4-5-8-11-15-12-9-6-7-10-13(2)14/h3-12H2,1-2H3. The fraction of sp³-hybridized carbons (Fsp3) is 0.923. The van der Waals surface area contributed by atoms with Crippen LogP contribution in [-0.2, 0) is 9.53 Å². The largest absolute Gasteiger partial charge is 0.381 e. The van der Waals surface area contributed by atoms with Crippen molar-refractivity contribution in [3.8, 4) is 0 Å². The Kier molecular flexibility index (Phi) is 11.4. The molecule has 0 aromatic carbocycles. The van der Waals surface area contributed by atoms with E-state index in [9.17, 15) is 4.79 Å². The van der Waals surface area contributed by atoms with E-state index < -0.39 is 0 Å². The summed E-state index contributed by atoms with van der Waals surface area (Å²) >= 11 is 0. The summed E-state index contributed by atoms with van der Waals surface area (Å²) in [6.45, 7) is 5.65. The van der Waals surface area contributed by atoms with Gasteiger partial charge in [-0.2, -0.15) is 0 Å². The number of unbranched alkanes of at least 4 members (excludes halogenated alkanes) is 5. The Bertz CT molecular complexity index is 143. The Labute approximate surface area is 94.4 Å². The minimum Gasteiger partial charge on any atom is -0.381 e. The number of carbonyl (C=O) groups is 1. The first kappa shape index (κ1) is 14.6. The van der Waals surface area contributed by atoms with E-state index >= 15 is 0 Å². The highest BCUT2D eigenvalue weighted by Crippen LogP contribution is 2.02. The highest BCUT2D eigenvalue weighted by molar-refractivity contribution is 5.75. The van der Waals surface area contributed by atoms with Gasteiger partial charge in [0.1, 0.15) is 5.78 Å². The van der Waals surface area contributed by atoms with Gasteiger partial charge in [-0.05, 0) is 26.2 Å². The Balaban J connectivity index is 2.89. The first-order chi connectivity index (χ1) is 7.27. The average molecular weight is 214 g/mol. The van der Waals surface area contributed by atoms with Crippen LogP contribution in [0.15, 0.2) is 0 Å². The van der Waals surface area contributed by atoms with Gasteiger partial charge in [-0.3, -0.25) is 0 Å². The molecule has 0 aliphatic heterocycles. The zero-order chi connectivity index (χ0) is 11.4. The topological polar surface area (TPSA) is 26.3 Å². The van der Waals surface area contributed by atoms with Crippen molar-refractivity contribution < 1.29 is 9.53 Å². The highest BCUT2D eigenvalue weighted by Gasteiger charge is 1.94. The van der Waals surface area contributed by atoms with Crippen LogP contribution in [-0.4, -0.2) is 19.0 Å². The predicted octanol–water partition coefficient (Wildman–Crippen LogP) is 3.73. The summed E-state index contributed by atoms with van der Waals surface area (Å²) < 4.78 is 5.50. The number of carbonyl (C=O) groups excluding carboxylic acids is 1. The smallest absolute Gasteiger partial charge is 0.129 e. The van der Waals surface area contributed by atoms with Gasteiger partial charge in [-0.25, -0.2) is 0 Å². The molecule has 0 aliphatic rings. The summed E-state index contributed by atoms with van der Waals surface area (Å²) in [5.74, 6) is 0.301. The molecular formula is C13H26O2. The molecule has 0 amide bonds. The van der Waals surface area contributed by atoms with E-state index in [-0.39, 0.29) is 0 Å². The number of Topliss-reactive ketones (excluding diaryl/α,β-unsaturated/α-hetero) is 1. The van der Waals surface area contributed by atoms with Crippen molar-refractivity contribution in [2.75, 3.05) is 13.2 Å². The molecule has 0 unspecified atom stereocenters. The SMILES string of the molecule is CCCCCCOCCCCCC(C)=O. The van der Waals surface area contributed by atoms with E-state index in [2.05, 4.69) is 6.92 Å². The van der Waals surface area contributed by atoms with Gasteiger partial charge in [-0.15, -0.1) is 0 Å². The lowest BCUT2D eigenvalue weighted by Crippen LogP contribution is -1.97. The van der Waals surface area contributed by atoms with Gasteiger partial charge in [0.2, 0.25) is 0 Å².